The highest BCUT2D eigenvalue weighted by Crippen LogP contribution is 2.35. The molecule has 1 aliphatic rings. The van der Waals surface area contributed by atoms with Gasteiger partial charge in [-0.25, -0.2) is 4.90 Å². The summed E-state index contributed by atoms with van der Waals surface area (Å²) in [5.41, 5.74) is 2.66. The van der Waals surface area contributed by atoms with Gasteiger partial charge >= 0.3 is 0 Å². The molecule has 7 nitrogen and oxygen atoms in total. The molecule has 0 aliphatic carbocycles. The molecule has 3 aromatic rings. The van der Waals surface area contributed by atoms with E-state index in [2.05, 4.69) is 33.2 Å². The van der Waals surface area contributed by atoms with Crippen LogP contribution in [0.5, 0.6) is 5.75 Å². The molecule has 0 saturated carbocycles. The van der Waals surface area contributed by atoms with Crippen molar-refractivity contribution in [3.05, 3.63) is 92.2 Å². The van der Waals surface area contributed by atoms with Crippen molar-refractivity contribution in [2.45, 2.75) is 6.92 Å². The maximum absolute atomic E-state index is 13.1. The zero-order valence-electron chi connectivity index (χ0n) is 18.2. The third kappa shape index (κ3) is 4.64. The molecule has 9 heteroatoms. The van der Waals surface area contributed by atoms with E-state index >= 15 is 0 Å². The Morgan fingerprint density at radius 1 is 1.00 bits per heavy atom. The summed E-state index contributed by atoms with van der Waals surface area (Å²) >= 11 is 8.45. The van der Waals surface area contributed by atoms with Crippen molar-refractivity contribution in [1.29, 1.82) is 0 Å². The number of benzene rings is 3. The molecule has 3 aromatic carbocycles. The highest BCUT2D eigenvalue weighted by Gasteiger charge is 2.40. The molecule has 3 amide bonds. The van der Waals surface area contributed by atoms with Gasteiger partial charge in [0.2, 0.25) is 0 Å². The van der Waals surface area contributed by atoms with E-state index in [9.17, 15) is 14.4 Å². The molecule has 0 aromatic heterocycles. The van der Waals surface area contributed by atoms with Crippen LogP contribution in [-0.2, 0) is 9.59 Å². The van der Waals surface area contributed by atoms with Crippen molar-refractivity contribution in [1.82, 2.24) is 0 Å². The molecule has 34 heavy (non-hydrogen) atoms. The number of hydrogen-bond donors (Lipinski definition) is 2. The Bertz CT molecular complexity index is 1360. The second-order valence-electron chi connectivity index (χ2n) is 7.43. The van der Waals surface area contributed by atoms with Gasteiger partial charge in [0.05, 0.1) is 12.8 Å². The zero-order chi connectivity index (χ0) is 24.4. The van der Waals surface area contributed by atoms with Gasteiger partial charge in [-0.2, -0.15) is 0 Å². The van der Waals surface area contributed by atoms with Gasteiger partial charge in [-0.05, 0) is 83.6 Å². The summed E-state index contributed by atoms with van der Waals surface area (Å²) in [6.07, 6.45) is 0. The number of anilines is 3. The van der Waals surface area contributed by atoms with Crippen molar-refractivity contribution in [2.75, 3.05) is 22.6 Å². The molecular formula is C25H19ClIN3O4. The number of carbonyl (C=O) groups excluding carboxylic acids is 3. The average molecular weight is 588 g/mol. The van der Waals surface area contributed by atoms with Gasteiger partial charge in [0.25, 0.3) is 17.7 Å². The van der Waals surface area contributed by atoms with Crippen LogP contribution in [0.25, 0.3) is 0 Å². The van der Waals surface area contributed by atoms with E-state index in [1.54, 1.807) is 48.5 Å². The number of carbonyl (C=O) groups is 3. The summed E-state index contributed by atoms with van der Waals surface area (Å²) in [4.78, 5) is 39.6. The van der Waals surface area contributed by atoms with E-state index in [1.165, 1.54) is 7.11 Å². The van der Waals surface area contributed by atoms with Gasteiger partial charge in [-0.15, -0.1) is 0 Å². The van der Waals surface area contributed by atoms with Crippen LogP contribution >= 0.6 is 34.2 Å². The maximum Gasteiger partial charge on any atom is 0.283 e. The van der Waals surface area contributed by atoms with Gasteiger partial charge in [0, 0.05) is 20.5 Å². The average Bonchev–Trinajstić information content (AvgIpc) is 3.04. The minimum absolute atomic E-state index is 0.0800. The van der Waals surface area contributed by atoms with Crippen LogP contribution in [0.3, 0.4) is 0 Å². The lowest BCUT2D eigenvalue weighted by Crippen LogP contribution is -2.32. The molecule has 0 fully saturated rings. The second-order valence-corrected chi connectivity index (χ2v) is 9.05. The standard InChI is InChI=1S/C25H19ClIN3O4/c1-14-12-16(27)10-11-18(14)29-23(31)15-6-5-7-17(13-15)28-22-21(26)24(32)30(25(22)33)19-8-3-4-9-20(19)34-2/h3-13,28H,1-2H3,(H,29,31). The lowest BCUT2D eigenvalue weighted by atomic mass is 10.1. The van der Waals surface area contributed by atoms with E-state index in [0.717, 1.165) is 14.0 Å². The fourth-order valence-corrected chi connectivity index (χ4v) is 4.35. The molecule has 1 heterocycles. The monoisotopic (exact) mass is 587 g/mol. The molecule has 1 aliphatic heterocycles. The first kappa shape index (κ1) is 23.8. The number of imide groups is 1. The number of amides is 3. The lowest BCUT2D eigenvalue weighted by molar-refractivity contribution is -0.120. The Morgan fingerprint density at radius 3 is 2.50 bits per heavy atom. The SMILES string of the molecule is COc1ccccc1N1C(=O)C(Cl)=C(Nc2cccc(C(=O)Nc3ccc(I)cc3C)c2)C1=O. The number of hydrogen-bond acceptors (Lipinski definition) is 5. The zero-order valence-corrected chi connectivity index (χ0v) is 21.1. The van der Waals surface area contributed by atoms with Gasteiger partial charge in [0.15, 0.2) is 0 Å². The fourth-order valence-electron chi connectivity index (χ4n) is 3.49. The molecule has 0 spiro atoms. The number of nitrogens with zero attached hydrogens (tertiary/aromatic N) is 1. The van der Waals surface area contributed by atoms with Crippen molar-refractivity contribution in [3.63, 3.8) is 0 Å². The Labute approximate surface area is 214 Å². The van der Waals surface area contributed by atoms with E-state index < -0.39 is 11.8 Å². The molecule has 172 valence electrons. The quantitative estimate of drug-likeness (QED) is 0.302. The smallest absolute Gasteiger partial charge is 0.283 e. The summed E-state index contributed by atoms with van der Waals surface area (Å²) in [6.45, 7) is 1.92. The Hall–Kier alpha value is -3.37. The van der Waals surface area contributed by atoms with E-state index in [4.69, 9.17) is 16.3 Å². The Morgan fingerprint density at radius 2 is 1.76 bits per heavy atom. The van der Waals surface area contributed by atoms with Crippen LogP contribution in [0.1, 0.15) is 15.9 Å². The number of rotatable bonds is 6. The van der Waals surface area contributed by atoms with E-state index in [1.807, 2.05) is 25.1 Å². The molecule has 0 saturated heterocycles. The number of ether oxygens (including phenoxy) is 1. The third-order valence-electron chi connectivity index (χ3n) is 5.18. The van der Waals surface area contributed by atoms with Crippen LogP contribution in [0, 0.1) is 10.5 Å². The van der Waals surface area contributed by atoms with Crippen LogP contribution in [0.4, 0.5) is 17.1 Å². The maximum atomic E-state index is 13.1. The van der Waals surface area contributed by atoms with Crippen LogP contribution < -0.4 is 20.3 Å². The lowest BCUT2D eigenvalue weighted by Gasteiger charge is -2.18. The number of nitrogens with one attached hydrogen (secondary N) is 2. The molecule has 0 radical (unpaired) electrons. The summed E-state index contributed by atoms with van der Waals surface area (Å²) < 4.78 is 6.35. The Kier molecular flexibility index (Phi) is 6.90. The predicted octanol–water partition coefficient (Wildman–Crippen LogP) is 5.30. The minimum atomic E-state index is -0.665. The molecule has 0 unspecified atom stereocenters. The first-order chi connectivity index (χ1) is 16.3. The summed E-state index contributed by atoms with van der Waals surface area (Å²) in [6, 6.07) is 19.0. The van der Waals surface area contributed by atoms with Gasteiger partial charge < -0.3 is 15.4 Å². The fraction of sp³-hybridized carbons (Fsp3) is 0.0800. The molecule has 0 bridgehead atoms. The normalized spacial score (nSPS) is 13.4. The summed E-state index contributed by atoms with van der Waals surface area (Å²) in [5, 5.41) is 5.54. The largest absolute Gasteiger partial charge is 0.495 e. The molecular weight excluding hydrogens is 569 g/mol. The summed E-state index contributed by atoms with van der Waals surface area (Å²) in [7, 11) is 1.45. The first-order valence-electron chi connectivity index (χ1n) is 10.2. The van der Waals surface area contributed by atoms with E-state index in [0.29, 0.717) is 22.7 Å². The van der Waals surface area contributed by atoms with Gasteiger partial charge in [-0.1, -0.05) is 29.8 Å². The minimum Gasteiger partial charge on any atom is -0.495 e. The van der Waals surface area contributed by atoms with Crippen molar-refractivity contribution in [2.24, 2.45) is 0 Å². The second kappa shape index (κ2) is 9.86. The molecule has 2 N–H and O–H groups in total. The highest BCUT2D eigenvalue weighted by molar-refractivity contribution is 14.1. The number of halogens is 2. The van der Waals surface area contributed by atoms with E-state index in [-0.39, 0.29) is 22.3 Å². The third-order valence-corrected chi connectivity index (χ3v) is 6.21. The van der Waals surface area contributed by atoms with Crippen LogP contribution in [-0.4, -0.2) is 24.8 Å². The molecule has 4 rings (SSSR count). The van der Waals surface area contributed by atoms with Crippen molar-refractivity contribution >= 4 is 69.0 Å². The van der Waals surface area contributed by atoms with Gasteiger partial charge in [-0.3, -0.25) is 14.4 Å². The van der Waals surface area contributed by atoms with Crippen molar-refractivity contribution < 1.29 is 19.1 Å². The number of para-hydroxylation sites is 2. The number of aryl methyl sites for hydroxylation is 1. The van der Waals surface area contributed by atoms with Crippen LogP contribution in [0.2, 0.25) is 0 Å². The summed E-state index contributed by atoms with van der Waals surface area (Å²) in [5.74, 6) is -1.23. The number of methoxy groups -OCH3 is 1. The van der Waals surface area contributed by atoms with Gasteiger partial charge in [0.1, 0.15) is 16.5 Å². The first-order valence-corrected chi connectivity index (χ1v) is 11.6. The predicted molar refractivity (Wildman–Crippen MR) is 140 cm³/mol. The Balaban J connectivity index is 1.56. The van der Waals surface area contributed by atoms with Crippen LogP contribution in [0.15, 0.2) is 77.5 Å². The van der Waals surface area contributed by atoms with Crippen molar-refractivity contribution in [3.8, 4) is 5.75 Å². The molecule has 0 atom stereocenters. The highest BCUT2D eigenvalue weighted by atomic mass is 127. The topological polar surface area (TPSA) is 87.7 Å².